The smallest absolute Gasteiger partial charge is 0.659 e. The minimum Gasteiger partial charge on any atom is -0.659 e. The van der Waals surface area contributed by atoms with Gasteiger partial charge >= 0.3 is 58.2 Å². The quantitative estimate of drug-likeness (QED) is 0.416. The van der Waals surface area contributed by atoms with Gasteiger partial charge in [-0.3, -0.25) is 9.20 Å². The van der Waals surface area contributed by atoms with Crippen LogP contribution in [0.3, 0.4) is 0 Å². The Labute approximate surface area is 235 Å². The molecule has 1 fully saturated rings. The van der Waals surface area contributed by atoms with Gasteiger partial charge in [0.05, 0.1) is 11.9 Å². The number of nitrogens with one attached hydrogen (secondary N) is 1. The third-order valence-corrected chi connectivity index (χ3v) is 5.44. The molecule has 4 aromatic rings. The average molecular weight is 498 g/mol. The number of imidazole rings is 1. The monoisotopic (exact) mass is 497 g/mol. The maximum absolute atomic E-state index is 11.3. The van der Waals surface area contributed by atoms with Gasteiger partial charge in [0, 0.05) is 34.9 Å². The predicted octanol–water partition coefficient (Wildman–Crippen LogP) is 0.436. The summed E-state index contributed by atoms with van der Waals surface area (Å²) in [6, 6.07) is 15.5. The third kappa shape index (κ3) is 4.79. The Hall–Kier alpha value is -2.10. The van der Waals surface area contributed by atoms with E-state index in [4.69, 9.17) is 5.73 Å². The Balaban J connectivity index is 0.00000245. The molecule has 1 aliphatic rings. The number of fused-ring (bicyclic) bond motifs is 1. The van der Waals surface area contributed by atoms with Crippen LogP contribution in [-0.2, 0) is 0 Å². The zero-order valence-corrected chi connectivity index (χ0v) is 22.8. The Kier molecular flexibility index (Phi) is 7.37. The Morgan fingerprint density at radius 2 is 1.72 bits per heavy atom. The first-order chi connectivity index (χ1) is 15.2. The summed E-state index contributed by atoms with van der Waals surface area (Å²) in [4.78, 5) is 22.8. The van der Waals surface area contributed by atoms with Gasteiger partial charge in [0.25, 0.3) is 0 Å². The van der Waals surface area contributed by atoms with E-state index < -0.39 is 5.91 Å². The van der Waals surface area contributed by atoms with Crippen molar-refractivity contribution in [3.05, 3.63) is 78.0 Å². The van der Waals surface area contributed by atoms with Crippen LogP contribution in [0.1, 0.15) is 10.4 Å². The molecule has 0 aliphatic carbocycles. The van der Waals surface area contributed by atoms with E-state index in [-0.39, 0.29) is 58.2 Å². The van der Waals surface area contributed by atoms with Crippen LogP contribution in [0.4, 0.5) is 17.2 Å². The molecule has 32 heavy (non-hydrogen) atoms. The Bertz CT molecular complexity index is 1220. The fourth-order valence-corrected chi connectivity index (χ4v) is 3.78. The predicted molar refractivity (Wildman–Crippen MR) is 122 cm³/mol. The first kappa shape index (κ1) is 23.1. The number of anilines is 3. The van der Waals surface area contributed by atoms with E-state index in [1.165, 1.54) is 5.69 Å². The maximum atomic E-state index is 11.3. The fraction of sp³-hybridized carbons (Fsp3) is 0.174. The molecule has 2 aromatic carbocycles. The number of primary amides is 1. The SMILES string of the molecule is NC(=O)c1ccc(-c2cnc(Nc3ccc(N4CC[N-]CC4)cc3)c3nccn23)cc1.[Rb+]. The van der Waals surface area contributed by atoms with Crippen LogP contribution in [0, 0.1) is 0 Å². The molecule has 0 unspecified atom stereocenters. The van der Waals surface area contributed by atoms with E-state index in [0.717, 1.165) is 48.8 Å². The van der Waals surface area contributed by atoms with Crippen molar-refractivity contribution in [1.82, 2.24) is 14.4 Å². The second-order valence-corrected chi connectivity index (χ2v) is 7.38. The van der Waals surface area contributed by atoms with Crippen molar-refractivity contribution in [3.63, 3.8) is 0 Å². The van der Waals surface area contributed by atoms with Gasteiger partial charge in [-0.2, -0.15) is 0 Å². The molecule has 0 bridgehead atoms. The standard InChI is InChI=1S/C23H22N7O.Rb/c24-21(31)17-3-1-16(2-4-17)20-15-27-22(23-26-11-14-30(20)23)28-18-5-7-19(8-6-18)29-12-9-25-10-13-29;/h1-8,11,14-15H,9-10,12-13H2,(H2,24,31)(H,27,28);/q-1;+1. The molecule has 3 N–H and O–H groups in total. The summed E-state index contributed by atoms with van der Waals surface area (Å²) >= 11 is 0. The molecule has 3 heterocycles. The van der Waals surface area contributed by atoms with E-state index in [2.05, 4.69) is 49.8 Å². The number of carbonyl (C=O) groups is 1. The van der Waals surface area contributed by atoms with Gasteiger partial charge in [-0.05, 0) is 49.5 Å². The topological polar surface area (TPSA) is 103 Å². The van der Waals surface area contributed by atoms with Crippen molar-refractivity contribution >= 4 is 28.7 Å². The molecular weight excluding hydrogens is 476 g/mol. The summed E-state index contributed by atoms with van der Waals surface area (Å²) in [6.45, 7) is 3.70. The number of hydrogen-bond donors (Lipinski definition) is 2. The van der Waals surface area contributed by atoms with Crippen molar-refractivity contribution < 1.29 is 63.0 Å². The van der Waals surface area contributed by atoms with Crippen molar-refractivity contribution in [2.45, 2.75) is 0 Å². The summed E-state index contributed by atoms with van der Waals surface area (Å²) < 4.78 is 1.97. The van der Waals surface area contributed by atoms with E-state index in [9.17, 15) is 4.79 Å². The first-order valence-corrected chi connectivity index (χ1v) is 10.2. The molecule has 1 aliphatic heterocycles. The normalized spacial score (nSPS) is 13.6. The number of benzene rings is 2. The molecule has 0 radical (unpaired) electrons. The van der Waals surface area contributed by atoms with Gasteiger partial charge in [0.2, 0.25) is 5.91 Å². The molecule has 0 saturated carbocycles. The number of aromatic nitrogens is 3. The van der Waals surface area contributed by atoms with Crippen molar-refractivity contribution in [1.29, 1.82) is 0 Å². The van der Waals surface area contributed by atoms with Gasteiger partial charge in [0.1, 0.15) is 0 Å². The minimum absolute atomic E-state index is 0. The number of piperazine rings is 1. The third-order valence-electron chi connectivity index (χ3n) is 5.44. The molecule has 0 atom stereocenters. The molecule has 5 rings (SSSR count). The zero-order valence-electron chi connectivity index (χ0n) is 17.9. The number of rotatable bonds is 5. The van der Waals surface area contributed by atoms with Crippen LogP contribution < -0.4 is 74.1 Å². The van der Waals surface area contributed by atoms with Gasteiger partial charge < -0.3 is 21.3 Å². The van der Waals surface area contributed by atoms with Crippen LogP contribution >= 0.6 is 0 Å². The van der Waals surface area contributed by atoms with E-state index >= 15 is 0 Å². The van der Waals surface area contributed by atoms with Crippen LogP contribution in [0.15, 0.2) is 67.1 Å². The van der Waals surface area contributed by atoms with Gasteiger partial charge in [-0.25, -0.2) is 9.97 Å². The second kappa shape index (κ2) is 10.2. The average Bonchev–Trinajstić information content (AvgIpc) is 3.31. The molecule has 0 spiro atoms. The zero-order chi connectivity index (χ0) is 21.2. The summed E-state index contributed by atoms with van der Waals surface area (Å²) in [5.41, 5.74) is 10.5. The van der Waals surface area contributed by atoms with Gasteiger partial charge in [-0.1, -0.05) is 12.1 Å². The summed E-state index contributed by atoms with van der Waals surface area (Å²) in [5.74, 6) is 0.227. The van der Waals surface area contributed by atoms with E-state index in [1.807, 2.05) is 22.7 Å². The summed E-state index contributed by atoms with van der Waals surface area (Å²) in [6.07, 6.45) is 5.43. The van der Waals surface area contributed by atoms with Crippen molar-refractivity contribution in [2.75, 3.05) is 36.4 Å². The summed E-state index contributed by atoms with van der Waals surface area (Å²) in [7, 11) is 0. The second-order valence-electron chi connectivity index (χ2n) is 7.38. The number of nitrogens with two attached hydrogens (primary N) is 1. The number of hydrogen-bond acceptors (Lipinski definition) is 5. The van der Waals surface area contributed by atoms with Crippen LogP contribution in [0.25, 0.3) is 22.2 Å². The van der Waals surface area contributed by atoms with Crippen molar-refractivity contribution in [3.8, 4) is 11.3 Å². The maximum Gasteiger partial charge on any atom is 1.00 e. The molecule has 2 aromatic heterocycles. The number of nitrogens with zero attached hydrogens (tertiary/aromatic N) is 5. The fourth-order valence-electron chi connectivity index (χ4n) is 3.78. The molecule has 9 heteroatoms. The van der Waals surface area contributed by atoms with Gasteiger partial charge in [-0.15, -0.1) is 13.1 Å². The van der Waals surface area contributed by atoms with E-state index in [1.54, 1.807) is 24.5 Å². The Morgan fingerprint density at radius 1 is 1.00 bits per heavy atom. The van der Waals surface area contributed by atoms with Crippen LogP contribution in [-0.4, -0.2) is 46.5 Å². The van der Waals surface area contributed by atoms with Gasteiger partial charge in [0.15, 0.2) is 11.5 Å². The van der Waals surface area contributed by atoms with E-state index in [0.29, 0.717) is 11.4 Å². The molecular formula is C23H22N7ORb. The van der Waals surface area contributed by atoms with Crippen LogP contribution in [0.2, 0.25) is 0 Å². The summed E-state index contributed by atoms with van der Waals surface area (Å²) in [5, 5.41) is 7.77. The molecule has 8 nitrogen and oxygen atoms in total. The molecule has 1 amide bonds. The first-order valence-electron chi connectivity index (χ1n) is 10.2. The molecule has 156 valence electrons. The van der Waals surface area contributed by atoms with Crippen molar-refractivity contribution in [2.24, 2.45) is 5.73 Å². The Morgan fingerprint density at radius 3 is 2.41 bits per heavy atom. The molecule has 1 saturated heterocycles. The number of amides is 1. The number of carbonyl (C=O) groups excluding carboxylic acids is 1. The minimum atomic E-state index is -0.446. The van der Waals surface area contributed by atoms with Crippen LogP contribution in [0.5, 0.6) is 0 Å². The largest absolute Gasteiger partial charge is 1.00 e.